The van der Waals surface area contributed by atoms with Crippen molar-refractivity contribution in [2.24, 2.45) is 0 Å². The predicted molar refractivity (Wildman–Crippen MR) is 80.0 cm³/mol. The lowest BCUT2D eigenvalue weighted by Gasteiger charge is -2.08. The third-order valence-corrected chi connectivity index (χ3v) is 3.30. The van der Waals surface area contributed by atoms with E-state index in [-0.39, 0.29) is 5.82 Å². The molecule has 0 N–H and O–H groups in total. The van der Waals surface area contributed by atoms with Gasteiger partial charge in [0.1, 0.15) is 11.6 Å². The maximum absolute atomic E-state index is 12.9. The van der Waals surface area contributed by atoms with Crippen LogP contribution in [-0.4, -0.2) is 27.3 Å². The Labute approximate surface area is 127 Å². The van der Waals surface area contributed by atoms with E-state index in [9.17, 15) is 4.39 Å². The molecule has 0 aliphatic heterocycles. The summed E-state index contributed by atoms with van der Waals surface area (Å²) in [6.45, 7) is 2.47. The van der Waals surface area contributed by atoms with E-state index in [0.717, 1.165) is 22.4 Å². The van der Waals surface area contributed by atoms with Crippen LogP contribution in [0.15, 0.2) is 42.5 Å². The monoisotopic (exact) mass is 298 g/mol. The van der Waals surface area contributed by atoms with Gasteiger partial charge in [0.05, 0.1) is 13.7 Å². The van der Waals surface area contributed by atoms with Crippen LogP contribution in [0.4, 0.5) is 4.39 Å². The Balaban J connectivity index is 1.85. The van der Waals surface area contributed by atoms with Gasteiger partial charge < -0.3 is 4.74 Å². The van der Waals surface area contributed by atoms with Crippen LogP contribution in [-0.2, 0) is 6.54 Å². The molecule has 0 aliphatic rings. The van der Waals surface area contributed by atoms with Crippen molar-refractivity contribution in [3.63, 3.8) is 0 Å². The van der Waals surface area contributed by atoms with E-state index in [1.54, 1.807) is 19.2 Å². The number of halogens is 1. The first-order chi connectivity index (χ1) is 10.7. The summed E-state index contributed by atoms with van der Waals surface area (Å²) in [6.07, 6.45) is 0. The van der Waals surface area contributed by atoms with Crippen LogP contribution < -0.4 is 4.74 Å². The van der Waals surface area contributed by atoms with Crippen molar-refractivity contribution in [1.29, 1.82) is 0 Å². The molecule has 0 fully saturated rings. The van der Waals surface area contributed by atoms with Gasteiger partial charge in [-0.3, -0.25) is 0 Å². The second kappa shape index (κ2) is 5.93. The lowest BCUT2D eigenvalue weighted by atomic mass is 10.1. The Morgan fingerprint density at radius 1 is 1.14 bits per heavy atom. The first-order valence-electron chi connectivity index (χ1n) is 6.83. The standard InChI is InChI=1S/C16H15FN4O/c1-11-3-8-15(22-2)13(9-11)10-21-19-16(18-20-21)12-4-6-14(17)7-5-12/h3-9H,10H2,1-2H3. The summed E-state index contributed by atoms with van der Waals surface area (Å²) < 4.78 is 18.3. The molecular weight excluding hydrogens is 283 g/mol. The van der Waals surface area contributed by atoms with Gasteiger partial charge in [-0.1, -0.05) is 17.7 Å². The number of rotatable bonds is 4. The van der Waals surface area contributed by atoms with E-state index in [1.165, 1.54) is 16.9 Å². The Bertz CT molecular complexity index is 783. The smallest absolute Gasteiger partial charge is 0.204 e. The molecule has 3 aromatic rings. The number of aryl methyl sites for hydroxylation is 1. The fourth-order valence-corrected chi connectivity index (χ4v) is 2.21. The van der Waals surface area contributed by atoms with Gasteiger partial charge in [0.15, 0.2) is 0 Å². The number of ether oxygens (including phenoxy) is 1. The SMILES string of the molecule is COc1ccc(C)cc1Cn1nnc(-c2ccc(F)cc2)n1. The van der Waals surface area contributed by atoms with E-state index in [1.807, 2.05) is 25.1 Å². The van der Waals surface area contributed by atoms with Gasteiger partial charge in [-0.2, -0.15) is 4.80 Å². The van der Waals surface area contributed by atoms with Crippen LogP contribution in [0.1, 0.15) is 11.1 Å². The fraction of sp³-hybridized carbons (Fsp3) is 0.188. The highest BCUT2D eigenvalue weighted by Gasteiger charge is 2.09. The van der Waals surface area contributed by atoms with Crippen molar-refractivity contribution in [3.8, 4) is 17.1 Å². The fourth-order valence-electron chi connectivity index (χ4n) is 2.21. The Kier molecular flexibility index (Phi) is 3.82. The molecule has 0 atom stereocenters. The molecular formula is C16H15FN4O. The molecule has 5 nitrogen and oxygen atoms in total. The normalized spacial score (nSPS) is 10.7. The van der Waals surface area contributed by atoms with Gasteiger partial charge >= 0.3 is 0 Å². The van der Waals surface area contributed by atoms with E-state index < -0.39 is 0 Å². The third-order valence-electron chi connectivity index (χ3n) is 3.30. The summed E-state index contributed by atoms with van der Waals surface area (Å²) >= 11 is 0. The zero-order chi connectivity index (χ0) is 15.5. The van der Waals surface area contributed by atoms with Crippen molar-refractivity contribution < 1.29 is 9.13 Å². The minimum Gasteiger partial charge on any atom is -0.496 e. The zero-order valence-electron chi connectivity index (χ0n) is 12.3. The topological polar surface area (TPSA) is 52.8 Å². The van der Waals surface area contributed by atoms with Crippen molar-refractivity contribution in [2.75, 3.05) is 7.11 Å². The highest BCUT2D eigenvalue weighted by molar-refractivity contribution is 5.53. The molecule has 0 aliphatic carbocycles. The number of methoxy groups -OCH3 is 1. The molecule has 0 bridgehead atoms. The first-order valence-corrected chi connectivity index (χ1v) is 6.83. The van der Waals surface area contributed by atoms with Crippen molar-refractivity contribution >= 4 is 0 Å². The molecule has 2 aromatic carbocycles. The number of benzene rings is 2. The summed E-state index contributed by atoms with van der Waals surface area (Å²) in [6, 6.07) is 11.9. The summed E-state index contributed by atoms with van der Waals surface area (Å²) in [5.74, 6) is 0.957. The maximum atomic E-state index is 12.9. The maximum Gasteiger partial charge on any atom is 0.204 e. The molecule has 0 saturated heterocycles. The molecule has 1 aromatic heterocycles. The van der Waals surface area contributed by atoms with Crippen LogP contribution >= 0.6 is 0 Å². The molecule has 0 radical (unpaired) electrons. The Hall–Kier alpha value is -2.76. The van der Waals surface area contributed by atoms with E-state index in [2.05, 4.69) is 15.4 Å². The summed E-state index contributed by atoms with van der Waals surface area (Å²) in [5, 5.41) is 12.4. The lowest BCUT2D eigenvalue weighted by molar-refractivity contribution is 0.405. The molecule has 3 rings (SSSR count). The quantitative estimate of drug-likeness (QED) is 0.743. The summed E-state index contributed by atoms with van der Waals surface area (Å²) in [5.41, 5.74) is 2.84. The van der Waals surface area contributed by atoms with Crippen LogP contribution in [0.3, 0.4) is 0 Å². The van der Waals surface area contributed by atoms with Crippen LogP contribution in [0.25, 0.3) is 11.4 Å². The average molecular weight is 298 g/mol. The van der Waals surface area contributed by atoms with Gasteiger partial charge in [-0.05, 0) is 42.5 Å². The number of nitrogens with zero attached hydrogens (tertiary/aromatic N) is 4. The van der Waals surface area contributed by atoms with Gasteiger partial charge in [0, 0.05) is 11.1 Å². The molecule has 22 heavy (non-hydrogen) atoms. The van der Waals surface area contributed by atoms with Gasteiger partial charge in [0.2, 0.25) is 5.82 Å². The lowest BCUT2D eigenvalue weighted by Crippen LogP contribution is -2.06. The second-order valence-electron chi connectivity index (χ2n) is 4.97. The Morgan fingerprint density at radius 2 is 1.91 bits per heavy atom. The molecule has 0 unspecified atom stereocenters. The van der Waals surface area contributed by atoms with E-state index in [4.69, 9.17) is 4.74 Å². The highest BCUT2D eigenvalue weighted by atomic mass is 19.1. The van der Waals surface area contributed by atoms with Crippen LogP contribution in [0.5, 0.6) is 5.75 Å². The van der Waals surface area contributed by atoms with E-state index >= 15 is 0 Å². The molecule has 0 amide bonds. The predicted octanol–water partition coefficient (Wildman–Crippen LogP) is 2.84. The number of tetrazole rings is 1. The summed E-state index contributed by atoms with van der Waals surface area (Å²) in [4.78, 5) is 1.50. The third kappa shape index (κ3) is 2.95. The van der Waals surface area contributed by atoms with Gasteiger partial charge in [-0.25, -0.2) is 4.39 Å². The first kappa shape index (κ1) is 14.2. The van der Waals surface area contributed by atoms with Gasteiger partial charge in [0.25, 0.3) is 0 Å². The summed E-state index contributed by atoms with van der Waals surface area (Å²) in [7, 11) is 1.63. The largest absolute Gasteiger partial charge is 0.496 e. The number of hydrogen-bond acceptors (Lipinski definition) is 4. The zero-order valence-corrected chi connectivity index (χ0v) is 12.3. The second-order valence-corrected chi connectivity index (χ2v) is 4.97. The van der Waals surface area contributed by atoms with Crippen molar-refractivity contribution in [3.05, 3.63) is 59.4 Å². The molecule has 1 heterocycles. The molecule has 0 spiro atoms. The van der Waals surface area contributed by atoms with Crippen LogP contribution in [0.2, 0.25) is 0 Å². The van der Waals surface area contributed by atoms with E-state index in [0.29, 0.717) is 12.4 Å². The minimum atomic E-state index is -0.291. The Morgan fingerprint density at radius 3 is 2.64 bits per heavy atom. The molecule has 0 saturated carbocycles. The van der Waals surface area contributed by atoms with Gasteiger partial charge in [-0.15, -0.1) is 10.2 Å². The molecule has 112 valence electrons. The minimum absolute atomic E-state index is 0.291. The van der Waals surface area contributed by atoms with Crippen molar-refractivity contribution in [2.45, 2.75) is 13.5 Å². The highest BCUT2D eigenvalue weighted by Crippen LogP contribution is 2.20. The van der Waals surface area contributed by atoms with Crippen molar-refractivity contribution in [1.82, 2.24) is 20.2 Å². The average Bonchev–Trinajstić information content (AvgIpc) is 2.97. The van der Waals surface area contributed by atoms with Crippen LogP contribution in [0, 0.1) is 12.7 Å². The number of hydrogen-bond donors (Lipinski definition) is 0. The molecule has 6 heteroatoms. The number of aromatic nitrogens is 4.